The van der Waals surface area contributed by atoms with Crippen LogP contribution in [0.1, 0.15) is 43.7 Å². The molecule has 0 N–H and O–H groups in total. The van der Waals surface area contributed by atoms with Crippen molar-refractivity contribution in [2.75, 3.05) is 6.54 Å². The van der Waals surface area contributed by atoms with Gasteiger partial charge >= 0.3 is 0 Å². The van der Waals surface area contributed by atoms with Gasteiger partial charge in [0.25, 0.3) is 0 Å². The van der Waals surface area contributed by atoms with E-state index in [9.17, 15) is 4.39 Å². The van der Waals surface area contributed by atoms with Crippen LogP contribution in [0.25, 0.3) is 0 Å². The average Bonchev–Trinajstić information content (AvgIpc) is 2.92. The van der Waals surface area contributed by atoms with E-state index in [1.54, 1.807) is 13.0 Å². The largest absolute Gasteiger partial charge is 0.260 e. The first-order valence-corrected chi connectivity index (χ1v) is 7.52. The van der Waals surface area contributed by atoms with Crippen LogP contribution in [0.3, 0.4) is 0 Å². The SMILES string of the molecule is Cc1cc(C2=NCC(C3CCCC(C)C3)=N2)ccc1F. The van der Waals surface area contributed by atoms with Crippen LogP contribution < -0.4 is 0 Å². The minimum Gasteiger partial charge on any atom is -0.260 e. The predicted octanol–water partition coefficient (Wildman–Crippen LogP) is 4.16. The van der Waals surface area contributed by atoms with Crippen molar-refractivity contribution in [2.45, 2.75) is 39.5 Å². The second kappa shape index (κ2) is 5.47. The molecule has 2 nitrogen and oxygen atoms in total. The highest BCUT2D eigenvalue weighted by atomic mass is 19.1. The molecule has 2 aliphatic rings. The molecule has 3 heteroatoms. The highest BCUT2D eigenvalue weighted by molar-refractivity contribution is 6.12. The minimum absolute atomic E-state index is 0.169. The van der Waals surface area contributed by atoms with E-state index < -0.39 is 0 Å². The van der Waals surface area contributed by atoms with Crippen molar-refractivity contribution in [3.8, 4) is 0 Å². The van der Waals surface area contributed by atoms with Crippen LogP contribution >= 0.6 is 0 Å². The number of amidine groups is 1. The fourth-order valence-corrected chi connectivity index (χ4v) is 3.26. The third-order valence-electron chi connectivity index (χ3n) is 4.46. The number of nitrogens with zero attached hydrogens (tertiary/aromatic N) is 2. The van der Waals surface area contributed by atoms with Gasteiger partial charge in [-0.2, -0.15) is 0 Å². The van der Waals surface area contributed by atoms with Gasteiger partial charge in [0.2, 0.25) is 0 Å². The molecule has 1 aromatic carbocycles. The van der Waals surface area contributed by atoms with Crippen molar-refractivity contribution in [2.24, 2.45) is 21.8 Å². The molecule has 0 bridgehead atoms. The van der Waals surface area contributed by atoms with Crippen molar-refractivity contribution in [1.29, 1.82) is 0 Å². The lowest BCUT2D eigenvalue weighted by Crippen LogP contribution is -2.22. The number of hydrogen-bond donors (Lipinski definition) is 0. The van der Waals surface area contributed by atoms with Crippen LogP contribution in [0.5, 0.6) is 0 Å². The molecule has 0 radical (unpaired) electrons. The summed E-state index contributed by atoms with van der Waals surface area (Å²) in [7, 11) is 0. The number of hydrogen-bond acceptors (Lipinski definition) is 2. The molecule has 0 spiro atoms. The summed E-state index contributed by atoms with van der Waals surface area (Å²) in [5.41, 5.74) is 2.82. The van der Waals surface area contributed by atoms with Gasteiger partial charge in [-0.25, -0.2) is 9.38 Å². The molecule has 0 saturated heterocycles. The second-order valence-electron chi connectivity index (χ2n) is 6.18. The fourth-order valence-electron chi connectivity index (χ4n) is 3.26. The Bertz CT molecular complexity index is 574. The molecule has 20 heavy (non-hydrogen) atoms. The van der Waals surface area contributed by atoms with Gasteiger partial charge in [0, 0.05) is 11.3 Å². The molecule has 2 atom stereocenters. The van der Waals surface area contributed by atoms with Gasteiger partial charge in [0.15, 0.2) is 5.84 Å². The Morgan fingerprint density at radius 3 is 2.85 bits per heavy atom. The maximum Gasteiger partial charge on any atom is 0.154 e. The Morgan fingerprint density at radius 2 is 2.10 bits per heavy atom. The first-order chi connectivity index (χ1) is 9.63. The Labute approximate surface area is 119 Å². The average molecular weight is 272 g/mol. The van der Waals surface area contributed by atoms with Crippen molar-refractivity contribution in [3.63, 3.8) is 0 Å². The third kappa shape index (κ3) is 2.67. The summed E-state index contributed by atoms with van der Waals surface area (Å²) < 4.78 is 13.3. The van der Waals surface area contributed by atoms with Crippen molar-refractivity contribution in [3.05, 3.63) is 35.1 Å². The molecule has 1 fully saturated rings. The highest BCUT2D eigenvalue weighted by Crippen LogP contribution is 2.31. The summed E-state index contributed by atoms with van der Waals surface area (Å²) in [5, 5.41) is 0. The normalized spacial score (nSPS) is 26.4. The lowest BCUT2D eigenvalue weighted by atomic mass is 9.80. The van der Waals surface area contributed by atoms with E-state index in [0.29, 0.717) is 11.5 Å². The maximum atomic E-state index is 13.3. The molecule has 1 aromatic rings. The molecular weight excluding hydrogens is 251 g/mol. The van der Waals surface area contributed by atoms with Crippen molar-refractivity contribution >= 4 is 11.5 Å². The summed E-state index contributed by atoms with van der Waals surface area (Å²) in [6.45, 7) is 4.83. The van der Waals surface area contributed by atoms with Gasteiger partial charge in [0.05, 0.1) is 6.54 Å². The van der Waals surface area contributed by atoms with Crippen LogP contribution in [-0.4, -0.2) is 18.1 Å². The zero-order chi connectivity index (χ0) is 14.1. The lowest BCUT2D eigenvalue weighted by Gasteiger charge is -2.26. The van der Waals surface area contributed by atoms with Crippen LogP contribution in [-0.2, 0) is 0 Å². The molecule has 3 rings (SSSR count). The van der Waals surface area contributed by atoms with E-state index in [1.807, 2.05) is 6.07 Å². The van der Waals surface area contributed by atoms with E-state index >= 15 is 0 Å². The van der Waals surface area contributed by atoms with Crippen molar-refractivity contribution < 1.29 is 4.39 Å². The highest BCUT2D eigenvalue weighted by Gasteiger charge is 2.26. The fraction of sp³-hybridized carbons (Fsp3) is 0.529. The van der Waals surface area contributed by atoms with E-state index in [2.05, 4.69) is 11.9 Å². The summed E-state index contributed by atoms with van der Waals surface area (Å²) >= 11 is 0. The summed E-state index contributed by atoms with van der Waals surface area (Å²) in [5.74, 6) is 2.01. The van der Waals surface area contributed by atoms with Crippen molar-refractivity contribution in [1.82, 2.24) is 0 Å². The minimum atomic E-state index is -0.169. The Hall–Kier alpha value is -1.51. The molecule has 1 saturated carbocycles. The van der Waals surface area contributed by atoms with Crippen LogP contribution in [0.15, 0.2) is 28.2 Å². The van der Waals surface area contributed by atoms with E-state index in [1.165, 1.54) is 37.5 Å². The van der Waals surface area contributed by atoms with Gasteiger partial charge < -0.3 is 0 Å². The molecule has 0 aromatic heterocycles. The number of benzene rings is 1. The standard InChI is InChI=1S/C17H21FN2/c1-11-4-3-5-13(8-11)16-10-19-17(20-16)14-6-7-15(18)12(2)9-14/h6-7,9,11,13H,3-5,8,10H2,1-2H3. The zero-order valence-corrected chi connectivity index (χ0v) is 12.2. The van der Waals surface area contributed by atoms with E-state index in [-0.39, 0.29) is 5.82 Å². The monoisotopic (exact) mass is 272 g/mol. The molecule has 106 valence electrons. The Balaban J connectivity index is 1.77. The topological polar surface area (TPSA) is 24.7 Å². The molecule has 1 aliphatic heterocycles. The molecule has 2 unspecified atom stereocenters. The zero-order valence-electron chi connectivity index (χ0n) is 12.2. The molecule has 0 amide bonds. The smallest absolute Gasteiger partial charge is 0.154 e. The van der Waals surface area contributed by atoms with E-state index in [4.69, 9.17) is 4.99 Å². The number of halogens is 1. The summed E-state index contributed by atoms with van der Waals surface area (Å²) in [4.78, 5) is 9.28. The first-order valence-electron chi connectivity index (χ1n) is 7.52. The van der Waals surface area contributed by atoms with Gasteiger partial charge in [-0.1, -0.05) is 19.8 Å². The summed E-state index contributed by atoms with van der Waals surface area (Å²) in [6.07, 6.45) is 5.13. The molecular formula is C17H21FN2. The summed E-state index contributed by atoms with van der Waals surface area (Å²) in [6, 6.07) is 5.12. The first kappa shape index (κ1) is 13.5. The van der Waals surface area contributed by atoms with Crippen LogP contribution in [0.4, 0.5) is 4.39 Å². The third-order valence-corrected chi connectivity index (χ3v) is 4.46. The van der Waals surface area contributed by atoms with Gasteiger partial charge in [-0.05, 0) is 55.4 Å². The second-order valence-corrected chi connectivity index (χ2v) is 6.18. The Kier molecular flexibility index (Phi) is 3.68. The maximum absolute atomic E-state index is 13.3. The molecule has 1 aliphatic carbocycles. The predicted molar refractivity (Wildman–Crippen MR) is 81.1 cm³/mol. The van der Waals surface area contributed by atoms with Gasteiger partial charge in [0.1, 0.15) is 5.82 Å². The number of aryl methyl sites for hydroxylation is 1. The van der Waals surface area contributed by atoms with Gasteiger partial charge in [-0.3, -0.25) is 4.99 Å². The van der Waals surface area contributed by atoms with Gasteiger partial charge in [-0.15, -0.1) is 0 Å². The molecule has 1 heterocycles. The van der Waals surface area contributed by atoms with Crippen LogP contribution in [0, 0.1) is 24.6 Å². The van der Waals surface area contributed by atoms with Crippen LogP contribution in [0.2, 0.25) is 0 Å². The number of rotatable bonds is 2. The Morgan fingerprint density at radius 1 is 1.25 bits per heavy atom. The number of aliphatic imine (C=N–C) groups is 2. The lowest BCUT2D eigenvalue weighted by molar-refractivity contribution is 0.339. The van der Waals surface area contributed by atoms with E-state index in [0.717, 1.165) is 23.9 Å². The quantitative estimate of drug-likeness (QED) is 0.772.